The van der Waals surface area contributed by atoms with E-state index in [1.54, 1.807) is 18.2 Å². The number of carboxylic acids is 2. The molecule has 0 aliphatic carbocycles. The Bertz CT molecular complexity index is 704. The van der Waals surface area contributed by atoms with E-state index in [0.717, 1.165) is 11.1 Å². The highest BCUT2D eigenvalue weighted by molar-refractivity contribution is 5.78. The van der Waals surface area contributed by atoms with Gasteiger partial charge in [-0.2, -0.15) is 0 Å². The second-order valence-electron chi connectivity index (χ2n) is 5.24. The first-order valence-electron chi connectivity index (χ1n) is 7.34. The molecule has 2 N–H and O–H groups in total. The summed E-state index contributed by atoms with van der Waals surface area (Å²) in [6.07, 6.45) is 3.78. The average Bonchev–Trinajstić information content (AvgIpc) is 2.54. The molecule has 4 nitrogen and oxygen atoms in total. The van der Waals surface area contributed by atoms with Gasteiger partial charge in [0.05, 0.1) is 5.92 Å². The summed E-state index contributed by atoms with van der Waals surface area (Å²) in [5.41, 5.74) is 2.56. The largest absolute Gasteiger partial charge is 0.481 e. The maximum atomic E-state index is 11.4. The normalized spacial score (nSPS) is 12.2. The molecule has 0 saturated carbocycles. The summed E-state index contributed by atoms with van der Waals surface area (Å²) in [5.74, 6) is -2.80. The molecule has 0 saturated heterocycles. The lowest BCUT2D eigenvalue weighted by molar-refractivity contribution is -0.140. The smallest absolute Gasteiger partial charge is 0.310 e. The standard InChI is InChI=1S/C19H18O4/c20-18(21)12-11-17(19(22)23)16-8-4-7-15(13-16)10-9-14-5-2-1-3-6-14/h1-10,13,17H,11-12H2,(H,20,21)(H,22,23). The van der Waals surface area contributed by atoms with Crippen LogP contribution in [0.4, 0.5) is 0 Å². The van der Waals surface area contributed by atoms with Crippen LogP contribution < -0.4 is 0 Å². The Morgan fingerprint density at radius 3 is 2.22 bits per heavy atom. The summed E-state index contributed by atoms with van der Waals surface area (Å²) in [4.78, 5) is 22.1. The van der Waals surface area contributed by atoms with Gasteiger partial charge in [0.15, 0.2) is 0 Å². The molecule has 0 spiro atoms. The highest BCUT2D eigenvalue weighted by Crippen LogP contribution is 2.23. The molecule has 4 heteroatoms. The van der Waals surface area contributed by atoms with Crippen molar-refractivity contribution in [3.63, 3.8) is 0 Å². The fourth-order valence-electron chi connectivity index (χ4n) is 2.34. The number of hydrogen-bond donors (Lipinski definition) is 2. The first-order valence-corrected chi connectivity index (χ1v) is 7.34. The molecule has 1 unspecified atom stereocenters. The number of benzene rings is 2. The van der Waals surface area contributed by atoms with Crippen molar-refractivity contribution in [1.29, 1.82) is 0 Å². The van der Waals surface area contributed by atoms with Gasteiger partial charge in [-0.25, -0.2) is 0 Å². The molecule has 0 fully saturated rings. The Balaban J connectivity index is 2.18. The van der Waals surface area contributed by atoms with Crippen LogP contribution >= 0.6 is 0 Å². The van der Waals surface area contributed by atoms with Crippen LogP contribution in [0.25, 0.3) is 12.2 Å². The summed E-state index contributed by atoms with van der Waals surface area (Å²) in [6, 6.07) is 17.0. The second-order valence-corrected chi connectivity index (χ2v) is 5.24. The highest BCUT2D eigenvalue weighted by Gasteiger charge is 2.20. The molecule has 0 aliphatic rings. The molecule has 0 aromatic heterocycles. The zero-order chi connectivity index (χ0) is 16.7. The maximum Gasteiger partial charge on any atom is 0.310 e. The number of aliphatic carboxylic acids is 2. The minimum absolute atomic E-state index is 0.0799. The monoisotopic (exact) mass is 310 g/mol. The van der Waals surface area contributed by atoms with E-state index in [9.17, 15) is 14.7 Å². The molecular weight excluding hydrogens is 292 g/mol. The van der Waals surface area contributed by atoms with Crippen LogP contribution in [0.15, 0.2) is 54.6 Å². The molecule has 0 bridgehead atoms. The van der Waals surface area contributed by atoms with E-state index in [-0.39, 0.29) is 12.8 Å². The van der Waals surface area contributed by atoms with E-state index in [1.807, 2.05) is 48.6 Å². The van der Waals surface area contributed by atoms with Gasteiger partial charge in [0, 0.05) is 6.42 Å². The van der Waals surface area contributed by atoms with E-state index in [4.69, 9.17) is 5.11 Å². The van der Waals surface area contributed by atoms with Crippen molar-refractivity contribution in [2.75, 3.05) is 0 Å². The predicted molar refractivity (Wildman–Crippen MR) is 89.1 cm³/mol. The van der Waals surface area contributed by atoms with Crippen LogP contribution in [-0.4, -0.2) is 22.2 Å². The molecule has 2 rings (SSSR count). The van der Waals surface area contributed by atoms with Gasteiger partial charge in [0.25, 0.3) is 0 Å². The minimum Gasteiger partial charge on any atom is -0.481 e. The number of rotatable bonds is 7. The van der Waals surface area contributed by atoms with Gasteiger partial charge in [-0.05, 0) is 23.1 Å². The van der Waals surface area contributed by atoms with Crippen LogP contribution in [0.1, 0.15) is 35.4 Å². The molecule has 2 aromatic carbocycles. The summed E-state index contributed by atoms with van der Waals surface area (Å²) in [6.45, 7) is 0. The minimum atomic E-state index is -1.00. The lowest BCUT2D eigenvalue weighted by Gasteiger charge is -2.12. The van der Waals surface area contributed by atoms with Crippen molar-refractivity contribution in [1.82, 2.24) is 0 Å². The van der Waals surface area contributed by atoms with Crippen molar-refractivity contribution >= 4 is 24.1 Å². The van der Waals surface area contributed by atoms with E-state index in [1.165, 1.54) is 0 Å². The van der Waals surface area contributed by atoms with Gasteiger partial charge in [0.1, 0.15) is 0 Å². The Labute approximate surface area is 134 Å². The highest BCUT2D eigenvalue weighted by atomic mass is 16.4. The third-order valence-electron chi connectivity index (χ3n) is 3.53. The Morgan fingerprint density at radius 2 is 1.57 bits per heavy atom. The van der Waals surface area contributed by atoms with Crippen LogP contribution in [-0.2, 0) is 9.59 Å². The predicted octanol–water partition coefficient (Wildman–Crippen LogP) is 3.89. The molecule has 2 aromatic rings. The van der Waals surface area contributed by atoms with Crippen molar-refractivity contribution in [3.05, 3.63) is 71.3 Å². The first-order chi connectivity index (χ1) is 11.1. The van der Waals surface area contributed by atoms with E-state index in [0.29, 0.717) is 5.56 Å². The topological polar surface area (TPSA) is 74.6 Å². The van der Waals surface area contributed by atoms with Gasteiger partial charge in [0.2, 0.25) is 0 Å². The Kier molecular flexibility index (Phi) is 5.69. The van der Waals surface area contributed by atoms with Crippen LogP contribution in [0.5, 0.6) is 0 Å². The van der Waals surface area contributed by atoms with Gasteiger partial charge in [-0.15, -0.1) is 0 Å². The average molecular weight is 310 g/mol. The quantitative estimate of drug-likeness (QED) is 0.761. The van der Waals surface area contributed by atoms with Gasteiger partial charge < -0.3 is 10.2 Å². The molecule has 1 atom stereocenters. The molecule has 0 heterocycles. The third-order valence-corrected chi connectivity index (χ3v) is 3.53. The van der Waals surface area contributed by atoms with Gasteiger partial charge >= 0.3 is 11.9 Å². The Hall–Kier alpha value is -2.88. The fourth-order valence-corrected chi connectivity index (χ4v) is 2.34. The Morgan fingerprint density at radius 1 is 0.913 bits per heavy atom. The number of carbonyl (C=O) groups is 2. The van der Waals surface area contributed by atoms with Gasteiger partial charge in [-0.1, -0.05) is 66.7 Å². The maximum absolute atomic E-state index is 11.4. The molecule has 0 amide bonds. The molecular formula is C19H18O4. The molecule has 118 valence electrons. The van der Waals surface area contributed by atoms with E-state index < -0.39 is 17.9 Å². The number of hydrogen-bond acceptors (Lipinski definition) is 2. The lowest BCUT2D eigenvalue weighted by atomic mass is 9.93. The van der Waals surface area contributed by atoms with Crippen LogP contribution in [0.3, 0.4) is 0 Å². The van der Waals surface area contributed by atoms with Crippen molar-refractivity contribution in [2.24, 2.45) is 0 Å². The molecule has 0 aliphatic heterocycles. The second kappa shape index (κ2) is 7.94. The molecule has 0 radical (unpaired) electrons. The summed E-state index contributed by atoms with van der Waals surface area (Å²) < 4.78 is 0. The summed E-state index contributed by atoms with van der Waals surface area (Å²) in [5, 5.41) is 18.1. The van der Waals surface area contributed by atoms with Crippen molar-refractivity contribution in [3.8, 4) is 0 Å². The number of carboxylic acid groups (broad SMARTS) is 2. The third kappa shape index (κ3) is 5.11. The van der Waals surface area contributed by atoms with Gasteiger partial charge in [-0.3, -0.25) is 9.59 Å². The zero-order valence-corrected chi connectivity index (χ0v) is 12.6. The zero-order valence-electron chi connectivity index (χ0n) is 12.6. The summed E-state index contributed by atoms with van der Waals surface area (Å²) in [7, 11) is 0. The fraction of sp³-hybridized carbons (Fsp3) is 0.158. The van der Waals surface area contributed by atoms with E-state index >= 15 is 0 Å². The molecule has 23 heavy (non-hydrogen) atoms. The van der Waals surface area contributed by atoms with Crippen molar-refractivity contribution < 1.29 is 19.8 Å². The van der Waals surface area contributed by atoms with Crippen molar-refractivity contribution in [2.45, 2.75) is 18.8 Å². The lowest BCUT2D eigenvalue weighted by Crippen LogP contribution is -2.13. The van der Waals surface area contributed by atoms with Crippen LogP contribution in [0.2, 0.25) is 0 Å². The van der Waals surface area contributed by atoms with Crippen LogP contribution in [0, 0.1) is 0 Å². The summed E-state index contributed by atoms with van der Waals surface area (Å²) >= 11 is 0. The van der Waals surface area contributed by atoms with E-state index in [2.05, 4.69) is 0 Å². The SMILES string of the molecule is O=C(O)CCC(C(=O)O)c1cccc(C=Cc2ccccc2)c1. The first kappa shape index (κ1) is 16.5.